The minimum atomic E-state index is -0.0789. The Labute approximate surface area is 150 Å². The molecule has 1 aromatic carbocycles. The maximum atomic E-state index is 12.2. The summed E-state index contributed by atoms with van der Waals surface area (Å²) in [7, 11) is 0. The van der Waals surface area contributed by atoms with E-state index in [0.717, 1.165) is 43.5 Å². The SMILES string of the molecule is CC[C@@H](C)NC(=O)c1ccc(NC(=O)CC[C@H]2CCCCO2)c(C)c1. The van der Waals surface area contributed by atoms with Gasteiger partial charge in [0.05, 0.1) is 6.10 Å². The number of anilines is 1. The molecule has 2 amide bonds. The molecule has 5 heteroatoms. The van der Waals surface area contributed by atoms with Crippen molar-refractivity contribution in [2.75, 3.05) is 11.9 Å². The molecule has 1 aliphatic heterocycles. The van der Waals surface area contributed by atoms with Crippen molar-refractivity contribution in [3.63, 3.8) is 0 Å². The van der Waals surface area contributed by atoms with Gasteiger partial charge in [0, 0.05) is 30.3 Å². The van der Waals surface area contributed by atoms with Crippen molar-refractivity contribution < 1.29 is 14.3 Å². The first-order valence-corrected chi connectivity index (χ1v) is 9.32. The molecule has 2 rings (SSSR count). The third-order valence-electron chi connectivity index (χ3n) is 4.72. The van der Waals surface area contributed by atoms with E-state index in [1.807, 2.05) is 26.8 Å². The molecule has 0 unspecified atom stereocenters. The summed E-state index contributed by atoms with van der Waals surface area (Å²) in [6.07, 6.45) is 5.69. The zero-order valence-corrected chi connectivity index (χ0v) is 15.6. The third kappa shape index (κ3) is 6.16. The highest BCUT2D eigenvalue weighted by Gasteiger charge is 2.16. The van der Waals surface area contributed by atoms with Crippen LogP contribution >= 0.6 is 0 Å². The van der Waals surface area contributed by atoms with E-state index in [1.54, 1.807) is 12.1 Å². The molecule has 1 aromatic rings. The van der Waals surface area contributed by atoms with Crippen molar-refractivity contribution in [1.29, 1.82) is 0 Å². The first-order valence-electron chi connectivity index (χ1n) is 9.32. The summed E-state index contributed by atoms with van der Waals surface area (Å²) in [6.45, 7) is 6.73. The van der Waals surface area contributed by atoms with Gasteiger partial charge < -0.3 is 15.4 Å². The summed E-state index contributed by atoms with van der Waals surface area (Å²) in [5.74, 6) is -0.0844. The van der Waals surface area contributed by atoms with Crippen LogP contribution in [0.2, 0.25) is 0 Å². The zero-order valence-electron chi connectivity index (χ0n) is 15.6. The van der Waals surface area contributed by atoms with Gasteiger partial charge >= 0.3 is 0 Å². The van der Waals surface area contributed by atoms with Crippen molar-refractivity contribution in [1.82, 2.24) is 5.32 Å². The molecule has 0 bridgehead atoms. The van der Waals surface area contributed by atoms with Crippen molar-refractivity contribution in [2.24, 2.45) is 0 Å². The van der Waals surface area contributed by atoms with Gasteiger partial charge in [-0.05, 0) is 69.7 Å². The fraction of sp³-hybridized carbons (Fsp3) is 0.600. The molecule has 1 fully saturated rings. The molecule has 2 N–H and O–H groups in total. The average Bonchev–Trinajstić information content (AvgIpc) is 2.62. The summed E-state index contributed by atoms with van der Waals surface area (Å²) >= 11 is 0. The van der Waals surface area contributed by atoms with Crippen LogP contribution < -0.4 is 10.6 Å². The second kappa shape index (κ2) is 9.56. The Morgan fingerprint density at radius 1 is 1.32 bits per heavy atom. The van der Waals surface area contributed by atoms with Gasteiger partial charge in [-0.2, -0.15) is 0 Å². The van der Waals surface area contributed by atoms with E-state index in [1.165, 1.54) is 6.42 Å². The maximum absolute atomic E-state index is 12.2. The number of amides is 2. The number of nitrogens with one attached hydrogen (secondary N) is 2. The largest absolute Gasteiger partial charge is 0.378 e. The summed E-state index contributed by atoms with van der Waals surface area (Å²) < 4.78 is 5.66. The van der Waals surface area contributed by atoms with Crippen LogP contribution in [0.15, 0.2) is 18.2 Å². The molecule has 2 atom stereocenters. The van der Waals surface area contributed by atoms with E-state index in [9.17, 15) is 9.59 Å². The molecule has 0 aliphatic carbocycles. The Kier molecular flexibility index (Phi) is 7.44. The molecule has 0 spiro atoms. The zero-order chi connectivity index (χ0) is 18.2. The highest BCUT2D eigenvalue weighted by Crippen LogP contribution is 2.19. The number of carbonyl (C=O) groups is 2. The van der Waals surface area contributed by atoms with Crippen LogP contribution in [-0.2, 0) is 9.53 Å². The standard InChI is InChI=1S/C20H30N2O3/c1-4-15(3)21-20(24)16-8-10-18(14(2)13-16)22-19(23)11-9-17-7-5-6-12-25-17/h8,10,13,15,17H,4-7,9,11-12H2,1-3H3,(H,21,24)(H,22,23)/t15-,17-/m1/s1. The highest BCUT2D eigenvalue weighted by molar-refractivity contribution is 5.96. The lowest BCUT2D eigenvalue weighted by atomic mass is 10.0. The Balaban J connectivity index is 1.87. The van der Waals surface area contributed by atoms with E-state index in [4.69, 9.17) is 4.74 Å². The van der Waals surface area contributed by atoms with Crippen LogP contribution in [0, 0.1) is 6.92 Å². The molecule has 138 valence electrons. The van der Waals surface area contributed by atoms with Crippen LogP contribution in [-0.4, -0.2) is 30.6 Å². The number of hydrogen-bond donors (Lipinski definition) is 2. The molecule has 5 nitrogen and oxygen atoms in total. The first kappa shape index (κ1) is 19.4. The molecule has 0 saturated carbocycles. The lowest BCUT2D eigenvalue weighted by Crippen LogP contribution is -2.31. The monoisotopic (exact) mass is 346 g/mol. The fourth-order valence-electron chi connectivity index (χ4n) is 2.89. The Morgan fingerprint density at radius 3 is 2.76 bits per heavy atom. The van der Waals surface area contributed by atoms with Gasteiger partial charge in [-0.3, -0.25) is 9.59 Å². The van der Waals surface area contributed by atoms with Crippen LogP contribution in [0.5, 0.6) is 0 Å². The van der Waals surface area contributed by atoms with E-state index < -0.39 is 0 Å². The normalized spacial score (nSPS) is 18.4. The molecule has 25 heavy (non-hydrogen) atoms. The smallest absolute Gasteiger partial charge is 0.251 e. The summed E-state index contributed by atoms with van der Waals surface area (Å²) in [4.78, 5) is 24.3. The Bertz CT molecular complexity index is 595. The Morgan fingerprint density at radius 2 is 2.12 bits per heavy atom. The topological polar surface area (TPSA) is 67.4 Å². The number of hydrogen-bond acceptors (Lipinski definition) is 3. The Hall–Kier alpha value is -1.88. The number of ether oxygens (including phenoxy) is 1. The van der Waals surface area contributed by atoms with Gasteiger partial charge in [0.15, 0.2) is 0 Å². The number of rotatable bonds is 7. The first-order chi connectivity index (χ1) is 12.0. The number of carbonyl (C=O) groups excluding carboxylic acids is 2. The average molecular weight is 346 g/mol. The second-order valence-electron chi connectivity index (χ2n) is 6.89. The number of benzene rings is 1. The number of aryl methyl sites for hydroxylation is 1. The molecular formula is C20H30N2O3. The van der Waals surface area contributed by atoms with Gasteiger partial charge in [0.1, 0.15) is 0 Å². The maximum Gasteiger partial charge on any atom is 0.251 e. The van der Waals surface area contributed by atoms with Crippen molar-refractivity contribution in [2.45, 2.75) is 71.4 Å². The molecule has 0 radical (unpaired) electrons. The van der Waals surface area contributed by atoms with Gasteiger partial charge in [-0.25, -0.2) is 0 Å². The predicted molar refractivity (Wildman–Crippen MR) is 99.9 cm³/mol. The van der Waals surface area contributed by atoms with Crippen LogP contribution in [0.4, 0.5) is 5.69 Å². The lowest BCUT2D eigenvalue weighted by molar-refractivity contribution is -0.117. The minimum Gasteiger partial charge on any atom is -0.378 e. The van der Waals surface area contributed by atoms with Crippen molar-refractivity contribution in [3.8, 4) is 0 Å². The fourth-order valence-corrected chi connectivity index (χ4v) is 2.89. The summed E-state index contributed by atoms with van der Waals surface area (Å²) in [5, 5.41) is 5.89. The van der Waals surface area contributed by atoms with E-state index in [-0.39, 0.29) is 24.0 Å². The molecule has 1 aliphatic rings. The van der Waals surface area contributed by atoms with Crippen molar-refractivity contribution >= 4 is 17.5 Å². The third-order valence-corrected chi connectivity index (χ3v) is 4.72. The van der Waals surface area contributed by atoms with Crippen LogP contribution in [0.25, 0.3) is 0 Å². The van der Waals surface area contributed by atoms with Crippen LogP contribution in [0.3, 0.4) is 0 Å². The summed E-state index contributed by atoms with van der Waals surface area (Å²) in [5.41, 5.74) is 2.26. The molecular weight excluding hydrogens is 316 g/mol. The molecule has 1 saturated heterocycles. The quantitative estimate of drug-likeness (QED) is 0.789. The highest BCUT2D eigenvalue weighted by atomic mass is 16.5. The summed E-state index contributed by atoms with van der Waals surface area (Å²) in [6, 6.07) is 5.52. The van der Waals surface area contributed by atoms with Gasteiger partial charge in [-0.1, -0.05) is 6.92 Å². The van der Waals surface area contributed by atoms with E-state index >= 15 is 0 Å². The lowest BCUT2D eigenvalue weighted by Gasteiger charge is -2.22. The van der Waals surface area contributed by atoms with E-state index in [2.05, 4.69) is 10.6 Å². The molecule has 0 aromatic heterocycles. The second-order valence-corrected chi connectivity index (χ2v) is 6.89. The van der Waals surface area contributed by atoms with Gasteiger partial charge in [0.25, 0.3) is 5.91 Å². The van der Waals surface area contributed by atoms with Gasteiger partial charge in [-0.15, -0.1) is 0 Å². The van der Waals surface area contributed by atoms with Crippen LogP contribution in [0.1, 0.15) is 68.3 Å². The minimum absolute atomic E-state index is 0.00548. The van der Waals surface area contributed by atoms with Crippen molar-refractivity contribution in [3.05, 3.63) is 29.3 Å². The predicted octanol–water partition coefficient (Wildman–Crippen LogP) is 3.81. The molecule has 1 heterocycles. The van der Waals surface area contributed by atoms with Gasteiger partial charge in [0.2, 0.25) is 5.91 Å². The van der Waals surface area contributed by atoms with E-state index in [0.29, 0.717) is 12.0 Å².